The highest BCUT2D eigenvalue weighted by Crippen LogP contribution is 2.63. The van der Waals surface area contributed by atoms with Crippen molar-refractivity contribution in [3.63, 3.8) is 0 Å². The third kappa shape index (κ3) is 1.14. The van der Waals surface area contributed by atoms with Crippen LogP contribution in [-0.2, 0) is 14.3 Å². The van der Waals surface area contributed by atoms with Gasteiger partial charge in [-0.3, -0.25) is 9.59 Å². The fourth-order valence-electron chi connectivity index (χ4n) is 3.87. The van der Waals surface area contributed by atoms with Crippen LogP contribution >= 0.6 is 0 Å². The molecular formula is C13H20O3. The van der Waals surface area contributed by atoms with Crippen LogP contribution in [0.3, 0.4) is 0 Å². The lowest BCUT2D eigenvalue weighted by Crippen LogP contribution is -2.39. The van der Waals surface area contributed by atoms with Gasteiger partial charge in [0.05, 0.1) is 12.5 Å². The Labute approximate surface area is 96.5 Å². The van der Waals surface area contributed by atoms with Crippen molar-refractivity contribution in [2.45, 2.75) is 40.0 Å². The maximum absolute atomic E-state index is 12.1. The number of ketones is 1. The highest BCUT2D eigenvalue weighted by atomic mass is 16.5. The van der Waals surface area contributed by atoms with Gasteiger partial charge in [0.1, 0.15) is 5.78 Å². The van der Waals surface area contributed by atoms with E-state index in [1.165, 1.54) is 7.11 Å². The molecule has 2 fully saturated rings. The molecule has 0 aromatic carbocycles. The summed E-state index contributed by atoms with van der Waals surface area (Å²) in [6, 6.07) is 0. The summed E-state index contributed by atoms with van der Waals surface area (Å²) >= 11 is 0. The minimum Gasteiger partial charge on any atom is -0.469 e. The zero-order valence-corrected chi connectivity index (χ0v) is 10.5. The Bertz CT molecular complexity index is 345. The van der Waals surface area contributed by atoms with Gasteiger partial charge in [0.2, 0.25) is 0 Å². The molecule has 0 saturated heterocycles. The number of hydrogen-bond donors (Lipinski definition) is 0. The third-order valence-corrected chi connectivity index (χ3v) is 5.00. The second-order valence-electron chi connectivity index (χ2n) is 5.88. The molecule has 3 nitrogen and oxygen atoms in total. The van der Waals surface area contributed by atoms with Gasteiger partial charge < -0.3 is 4.74 Å². The lowest BCUT2D eigenvalue weighted by Gasteiger charge is -2.33. The molecule has 2 aliphatic rings. The highest BCUT2D eigenvalue weighted by molar-refractivity contribution is 5.95. The Morgan fingerprint density at radius 1 is 1.38 bits per heavy atom. The summed E-state index contributed by atoms with van der Waals surface area (Å²) in [7, 11) is 1.43. The Morgan fingerprint density at radius 2 is 2.00 bits per heavy atom. The molecule has 0 radical (unpaired) electrons. The first-order valence-electron chi connectivity index (χ1n) is 5.99. The lowest BCUT2D eigenvalue weighted by atomic mass is 9.69. The maximum atomic E-state index is 12.1. The predicted octanol–water partition coefficient (Wildman–Crippen LogP) is 2.19. The molecule has 3 heteroatoms. The average Bonchev–Trinajstić information content (AvgIpc) is 2.65. The Balaban J connectivity index is 2.48. The molecule has 0 aromatic rings. The molecule has 2 saturated carbocycles. The zero-order valence-electron chi connectivity index (χ0n) is 10.5. The van der Waals surface area contributed by atoms with Crippen molar-refractivity contribution >= 4 is 11.8 Å². The van der Waals surface area contributed by atoms with Crippen LogP contribution in [0, 0.1) is 22.7 Å². The summed E-state index contributed by atoms with van der Waals surface area (Å²) < 4.78 is 4.96. The lowest BCUT2D eigenvalue weighted by molar-refractivity contribution is -0.157. The number of carbonyl (C=O) groups is 2. The van der Waals surface area contributed by atoms with Crippen LogP contribution in [0.4, 0.5) is 0 Å². The molecule has 2 rings (SSSR count). The first-order chi connectivity index (χ1) is 7.37. The van der Waals surface area contributed by atoms with Crippen molar-refractivity contribution in [2.24, 2.45) is 22.7 Å². The van der Waals surface area contributed by atoms with Crippen molar-refractivity contribution < 1.29 is 14.3 Å². The topological polar surface area (TPSA) is 43.4 Å². The monoisotopic (exact) mass is 224 g/mol. The molecular weight excluding hydrogens is 204 g/mol. The summed E-state index contributed by atoms with van der Waals surface area (Å²) in [5.74, 6) is 0.460. The van der Waals surface area contributed by atoms with Gasteiger partial charge in [-0.25, -0.2) is 0 Å². The van der Waals surface area contributed by atoms with E-state index in [2.05, 4.69) is 6.92 Å². The number of esters is 1. The van der Waals surface area contributed by atoms with Gasteiger partial charge in [-0.1, -0.05) is 20.8 Å². The van der Waals surface area contributed by atoms with E-state index in [-0.39, 0.29) is 29.0 Å². The molecule has 0 spiro atoms. The number of rotatable bonds is 1. The molecule has 0 bridgehead atoms. The average molecular weight is 224 g/mol. The van der Waals surface area contributed by atoms with Crippen molar-refractivity contribution in [3.05, 3.63) is 0 Å². The van der Waals surface area contributed by atoms with Gasteiger partial charge >= 0.3 is 5.97 Å². The van der Waals surface area contributed by atoms with E-state index in [1.54, 1.807) is 0 Å². The largest absolute Gasteiger partial charge is 0.469 e. The molecule has 0 heterocycles. The van der Waals surface area contributed by atoms with E-state index in [9.17, 15) is 9.59 Å². The summed E-state index contributed by atoms with van der Waals surface area (Å²) in [5, 5.41) is 0. The molecule has 0 amide bonds. The molecule has 2 aliphatic carbocycles. The molecule has 3 atom stereocenters. The molecule has 0 aliphatic heterocycles. The smallest absolute Gasteiger partial charge is 0.312 e. The number of fused-ring (bicyclic) bond motifs is 1. The minimum atomic E-state index is -0.532. The van der Waals surface area contributed by atoms with E-state index >= 15 is 0 Å². The summed E-state index contributed by atoms with van der Waals surface area (Å²) in [6.07, 6.45) is 2.37. The number of methoxy groups -OCH3 is 1. The number of hydrogen-bond acceptors (Lipinski definition) is 3. The normalized spacial score (nSPS) is 40.9. The summed E-state index contributed by atoms with van der Waals surface area (Å²) in [4.78, 5) is 24.2. The fraction of sp³-hybridized carbons (Fsp3) is 0.846. The third-order valence-electron chi connectivity index (χ3n) is 5.00. The van der Waals surface area contributed by atoms with Gasteiger partial charge in [-0.05, 0) is 24.7 Å². The summed E-state index contributed by atoms with van der Waals surface area (Å²) in [5.41, 5.74) is -0.895. The SMILES string of the molecule is COC(=O)[C@]12CC(=O)C(C)(C)[C@H]1CC[C@@H]2C. The van der Waals surface area contributed by atoms with Crippen LogP contribution in [0.15, 0.2) is 0 Å². The van der Waals surface area contributed by atoms with Crippen LogP contribution in [0.5, 0.6) is 0 Å². The van der Waals surface area contributed by atoms with E-state index in [1.807, 2.05) is 13.8 Å². The zero-order chi connectivity index (χ0) is 12.1. The second-order valence-corrected chi connectivity index (χ2v) is 5.88. The Morgan fingerprint density at radius 3 is 2.56 bits per heavy atom. The molecule has 0 N–H and O–H groups in total. The van der Waals surface area contributed by atoms with Crippen molar-refractivity contribution in [2.75, 3.05) is 7.11 Å². The molecule has 0 unspecified atom stereocenters. The van der Waals surface area contributed by atoms with Crippen LogP contribution in [0.2, 0.25) is 0 Å². The molecule has 16 heavy (non-hydrogen) atoms. The minimum absolute atomic E-state index is 0.162. The van der Waals surface area contributed by atoms with E-state index in [4.69, 9.17) is 4.74 Å². The Hall–Kier alpha value is -0.860. The standard InChI is InChI=1S/C13H20O3/c1-8-5-6-9-12(2,3)10(14)7-13(8,9)11(15)16-4/h8-9H,5-7H2,1-4H3/t8-,9+,13-/m0/s1. The van der Waals surface area contributed by atoms with E-state index in [0.29, 0.717) is 6.42 Å². The first kappa shape index (κ1) is 11.6. The van der Waals surface area contributed by atoms with Gasteiger partial charge in [-0.15, -0.1) is 0 Å². The van der Waals surface area contributed by atoms with Crippen LogP contribution < -0.4 is 0 Å². The second kappa shape index (κ2) is 3.31. The number of ether oxygens (including phenoxy) is 1. The quantitative estimate of drug-likeness (QED) is 0.641. The van der Waals surface area contributed by atoms with Crippen molar-refractivity contribution in [1.29, 1.82) is 0 Å². The highest BCUT2D eigenvalue weighted by Gasteiger charge is 2.66. The van der Waals surface area contributed by atoms with Gasteiger partial charge in [0, 0.05) is 11.8 Å². The molecule has 0 aromatic heterocycles. The van der Waals surface area contributed by atoms with Crippen molar-refractivity contribution in [3.8, 4) is 0 Å². The van der Waals surface area contributed by atoms with Crippen molar-refractivity contribution in [1.82, 2.24) is 0 Å². The van der Waals surface area contributed by atoms with Crippen LogP contribution in [-0.4, -0.2) is 18.9 Å². The fourth-order valence-corrected chi connectivity index (χ4v) is 3.87. The van der Waals surface area contributed by atoms with Crippen LogP contribution in [0.25, 0.3) is 0 Å². The maximum Gasteiger partial charge on any atom is 0.312 e. The van der Waals surface area contributed by atoms with E-state index in [0.717, 1.165) is 12.8 Å². The number of carbonyl (C=O) groups excluding carboxylic acids is 2. The molecule has 90 valence electrons. The van der Waals surface area contributed by atoms with Crippen LogP contribution in [0.1, 0.15) is 40.0 Å². The van der Waals surface area contributed by atoms with Gasteiger partial charge in [0.15, 0.2) is 0 Å². The number of Topliss-reactive ketones (excluding diaryl/α,β-unsaturated/α-hetero) is 1. The first-order valence-corrected chi connectivity index (χ1v) is 5.99. The predicted molar refractivity (Wildman–Crippen MR) is 59.7 cm³/mol. The summed E-state index contributed by atoms with van der Waals surface area (Å²) in [6.45, 7) is 6.02. The van der Waals surface area contributed by atoms with E-state index < -0.39 is 5.41 Å². The Kier molecular flexibility index (Phi) is 2.41. The van der Waals surface area contributed by atoms with Gasteiger partial charge in [0.25, 0.3) is 0 Å². The van der Waals surface area contributed by atoms with Gasteiger partial charge in [-0.2, -0.15) is 0 Å².